The minimum absolute atomic E-state index is 0.194. The number of nitrogens with zero attached hydrogens (tertiary/aromatic N) is 3. The maximum atomic E-state index is 13.0. The van der Waals surface area contributed by atoms with Crippen LogP contribution in [0.15, 0.2) is 327 Å². The van der Waals surface area contributed by atoms with E-state index in [0.717, 1.165) is 125 Å². The van der Waals surface area contributed by atoms with Crippen molar-refractivity contribution < 1.29 is 32.4 Å². The Bertz CT molecular complexity index is 5800. The van der Waals surface area contributed by atoms with Crippen LogP contribution in [-0.2, 0) is 39.3 Å². The Morgan fingerprint density at radius 1 is 0.328 bits per heavy atom. The van der Waals surface area contributed by atoms with E-state index in [1.54, 1.807) is 13.8 Å². The first kappa shape index (κ1) is 83.9. The van der Waals surface area contributed by atoms with Crippen LogP contribution in [0.25, 0.3) is 67.4 Å². The molecule has 0 spiro atoms. The number of halogens is 4. The highest BCUT2D eigenvalue weighted by molar-refractivity contribution is 9.11. The summed E-state index contributed by atoms with van der Waals surface area (Å²) in [5.41, 5.74) is 19.1. The molecule has 0 unspecified atom stereocenters. The topological polar surface area (TPSA) is 97.8 Å². The van der Waals surface area contributed by atoms with E-state index in [1.165, 1.54) is 38.2 Å². The van der Waals surface area contributed by atoms with Crippen LogP contribution in [-0.4, -0.2) is 32.7 Å². The SMILES string of the molecule is CCOC(OCC)(P=O)c1ccc2c(Br)c3cc(CP(=O)(OCC)OCC)ccc3c(Br)c2c1.Cc1ccc(N(c2ccccc2)c2ccc(C=Cc3ccc4c(Br)c5cc(C=Cc6ccc(N(c7ccccc7)c7ccc(C)cc7)cc6)ccc5c(Br)c4c3)cc2)cc1.Cc1ccc(N(c2ccccc2)c2ccc(C=O)cc2)cc1. The molecule has 582 valence electrons. The van der Waals surface area contributed by atoms with Crippen LogP contribution < -0.4 is 14.7 Å². The molecule has 0 saturated carbocycles. The summed E-state index contributed by atoms with van der Waals surface area (Å²) in [6, 6.07) is 107. The van der Waals surface area contributed by atoms with Gasteiger partial charge in [0.2, 0.25) is 8.46 Å². The molecule has 0 atom stereocenters. The summed E-state index contributed by atoms with van der Waals surface area (Å²) in [5.74, 6) is 0. The standard InChI is InChI=1S/C56H42Br2N2.C24H28Br2O6P2.C20H17NO/c1-39-13-27-47(28-14-39)59(45-9-5-3-6-10-45)49-31-21-41(22-32-49)17-19-43-25-35-51-53(37-43)55(57)52-36-26-44(38-54(52)56(51)58)20-18-42-23-33-50(34-24-42)60(46-11-7-4-8-12-46)48-29-15-40(2)16-30-48;1-5-29-24(33-27,30-6-2)17-10-12-19-21(14-17)23(26)18-11-9-16(13-20(18)22(19)25)15-34(28,31-7-3)32-8-4;1-16-7-11-19(12-8-16)21(18-5-3-2-4-6-18)20-13-9-17(15-22)10-14-20/h3-38H,1-2H3;9-14H,5-8,15H2,1-4H3;2-15H,1H3. The van der Waals surface area contributed by atoms with E-state index in [9.17, 15) is 13.9 Å². The summed E-state index contributed by atoms with van der Waals surface area (Å²) >= 11 is 15.5. The number of hydrogen-bond acceptors (Lipinski definition) is 10. The molecule has 0 aliphatic carbocycles. The summed E-state index contributed by atoms with van der Waals surface area (Å²) in [6.07, 6.45) is 9.81. The van der Waals surface area contributed by atoms with E-state index < -0.39 is 13.1 Å². The molecule has 15 rings (SSSR count). The van der Waals surface area contributed by atoms with Gasteiger partial charge in [0.15, 0.2) is 0 Å². The van der Waals surface area contributed by atoms with Crippen LogP contribution >= 0.6 is 79.8 Å². The van der Waals surface area contributed by atoms with Gasteiger partial charge in [-0.1, -0.05) is 205 Å². The zero-order valence-corrected chi connectivity index (χ0v) is 73.6. The van der Waals surface area contributed by atoms with Crippen molar-refractivity contribution in [1.82, 2.24) is 0 Å². The summed E-state index contributed by atoms with van der Waals surface area (Å²) in [4.78, 5) is 17.6. The Hall–Kier alpha value is -10.0. The zero-order valence-electron chi connectivity index (χ0n) is 65.5. The largest absolute Gasteiger partial charge is 0.337 e. The van der Waals surface area contributed by atoms with E-state index in [4.69, 9.17) is 18.5 Å². The monoisotopic (exact) mass is 1820 g/mol. The molecule has 0 radical (unpaired) electrons. The third-order valence-corrected chi connectivity index (χ3v) is 26.0. The van der Waals surface area contributed by atoms with Crippen LogP contribution in [0.2, 0.25) is 0 Å². The Balaban J connectivity index is 0.000000175. The van der Waals surface area contributed by atoms with Gasteiger partial charge in [0.1, 0.15) is 6.29 Å². The zero-order chi connectivity index (χ0) is 81.3. The second-order valence-corrected chi connectivity index (χ2v) is 33.7. The van der Waals surface area contributed by atoms with Gasteiger partial charge in [-0.15, -0.1) is 0 Å². The summed E-state index contributed by atoms with van der Waals surface area (Å²) in [5, 5.41) is 8.49. The lowest BCUT2D eigenvalue weighted by atomic mass is 9.99. The predicted molar refractivity (Wildman–Crippen MR) is 502 cm³/mol. The summed E-state index contributed by atoms with van der Waals surface area (Å²) in [6.45, 7) is 15.0. The van der Waals surface area contributed by atoms with Gasteiger partial charge < -0.3 is 33.2 Å². The van der Waals surface area contributed by atoms with Crippen LogP contribution in [0.5, 0.6) is 0 Å². The van der Waals surface area contributed by atoms with Gasteiger partial charge in [-0.2, -0.15) is 0 Å². The van der Waals surface area contributed by atoms with Crippen LogP contribution in [0.4, 0.5) is 51.2 Å². The Morgan fingerprint density at radius 2 is 0.612 bits per heavy atom. The molecular weight excluding hydrogens is 1740 g/mol. The Kier molecular flexibility index (Phi) is 28.4. The molecule has 0 aliphatic heterocycles. The lowest BCUT2D eigenvalue weighted by Gasteiger charge is -2.27. The minimum atomic E-state index is -3.22. The molecule has 0 aliphatic rings. The minimum Gasteiger partial charge on any atom is -0.337 e. The van der Waals surface area contributed by atoms with E-state index >= 15 is 0 Å². The first-order valence-corrected chi connectivity index (χ1v) is 44.2. The number of carbonyl (C=O) groups excluding carboxylic acids is 1. The number of anilines is 9. The van der Waals surface area contributed by atoms with Crippen molar-refractivity contribution in [2.75, 3.05) is 41.1 Å². The fraction of sp³-hybridized carbons (Fsp3) is 0.130. The Labute approximate surface area is 715 Å². The summed E-state index contributed by atoms with van der Waals surface area (Å²) < 4.78 is 51.7. The van der Waals surface area contributed by atoms with Crippen LogP contribution in [0.1, 0.15) is 88.1 Å². The summed E-state index contributed by atoms with van der Waals surface area (Å²) in [7, 11) is -3.49. The first-order chi connectivity index (χ1) is 56.4. The van der Waals surface area contributed by atoms with Gasteiger partial charge in [-0.05, 0) is 329 Å². The molecule has 0 fully saturated rings. The molecule has 0 amide bonds. The average molecular weight is 1820 g/mol. The molecular formula is C100H87Br4N3O7P2. The molecule has 0 bridgehead atoms. The normalized spacial score (nSPS) is 11.6. The number of benzene rings is 15. The van der Waals surface area contributed by atoms with Crippen molar-refractivity contribution in [3.05, 3.63) is 383 Å². The third-order valence-electron chi connectivity index (χ3n) is 19.7. The maximum Gasteiger partial charge on any atom is 0.335 e. The molecule has 0 saturated heterocycles. The van der Waals surface area contributed by atoms with Gasteiger partial charge in [-0.3, -0.25) is 13.9 Å². The maximum absolute atomic E-state index is 13.0. The van der Waals surface area contributed by atoms with Gasteiger partial charge in [0.25, 0.3) is 5.53 Å². The lowest BCUT2D eigenvalue weighted by molar-refractivity contribution is -0.176. The van der Waals surface area contributed by atoms with Crippen molar-refractivity contribution in [2.24, 2.45) is 0 Å². The number of aryl methyl sites for hydroxylation is 3. The number of fused-ring (bicyclic) bond motifs is 4. The first-order valence-electron chi connectivity index (χ1n) is 38.5. The number of para-hydroxylation sites is 3. The fourth-order valence-electron chi connectivity index (χ4n) is 14.0. The second-order valence-electron chi connectivity index (χ2n) is 27.7. The quantitative estimate of drug-likeness (QED) is 0.0171. The van der Waals surface area contributed by atoms with Crippen LogP contribution in [0, 0.1) is 20.8 Å². The Morgan fingerprint density at radius 3 is 0.940 bits per heavy atom. The number of carbonyl (C=O) groups is 1. The highest BCUT2D eigenvalue weighted by Crippen LogP contribution is 2.53. The third kappa shape index (κ3) is 19.8. The molecule has 0 heterocycles. The van der Waals surface area contributed by atoms with E-state index in [1.807, 2.05) is 92.7 Å². The average Bonchev–Trinajstić information content (AvgIpc) is 0.733. The smallest absolute Gasteiger partial charge is 0.335 e. The molecule has 0 aromatic heterocycles. The van der Waals surface area contributed by atoms with Crippen molar-refractivity contribution in [3.8, 4) is 0 Å². The molecule has 16 heteroatoms. The lowest BCUT2D eigenvalue weighted by Crippen LogP contribution is -2.27. The van der Waals surface area contributed by atoms with E-state index in [0.29, 0.717) is 37.6 Å². The number of aldehydes is 1. The number of ether oxygens (including phenoxy) is 2. The van der Waals surface area contributed by atoms with E-state index in [2.05, 4.69) is 354 Å². The highest BCUT2D eigenvalue weighted by Gasteiger charge is 2.36. The number of hydrogen-bond donors (Lipinski definition) is 0. The van der Waals surface area contributed by atoms with Gasteiger partial charge >= 0.3 is 7.60 Å². The molecule has 10 nitrogen and oxygen atoms in total. The molecule has 15 aromatic carbocycles. The van der Waals surface area contributed by atoms with Crippen LogP contribution in [0.3, 0.4) is 0 Å². The highest BCUT2D eigenvalue weighted by atomic mass is 79.9. The van der Waals surface area contributed by atoms with Crippen molar-refractivity contribution in [3.63, 3.8) is 0 Å². The predicted octanol–water partition coefficient (Wildman–Crippen LogP) is 31.5. The van der Waals surface area contributed by atoms with Crippen molar-refractivity contribution in [2.45, 2.75) is 60.2 Å². The molecule has 0 N–H and O–H groups in total. The van der Waals surface area contributed by atoms with Gasteiger partial charge in [0, 0.05) is 93.4 Å². The molecule has 116 heavy (non-hydrogen) atoms. The van der Waals surface area contributed by atoms with Gasteiger partial charge in [-0.25, -0.2) is 0 Å². The number of rotatable bonds is 26. The fourth-order valence-corrected chi connectivity index (χ4v) is 19.0. The van der Waals surface area contributed by atoms with Gasteiger partial charge in [0.05, 0.1) is 19.4 Å². The van der Waals surface area contributed by atoms with Crippen molar-refractivity contribution >= 4 is 205 Å². The van der Waals surface area contributed by atoms with Crippen molar-refractivity contribution in [1.29, 1.82) is 0 Å². The second kappa shape index (κ2) is 39.3. The molecule has 15 aromatic rings. The van der Waals surface area contributed by atoms with E-state index in [-0.39, 0.29) is 14.6 Å².